The molecule has 1 unspecified atom stereocenters. The second-order valence-electron chi connectivity index (χ2n) is 4.97. The van der Waals surface area contributed by atoms with Gasteiger partial charge in [0.15, 0.2) is 5.96 Å². The lowest BCUT2D eigenvalue weighted by Gasteiger charge is -2.28. The minimum atomic E-state index is 0.0307. The summed E-state index contributed by atoms with van der Waals surface area (Å²) in [6.07, 6.45) is 0. The topological polar surface area (TPSA) is 61.8 Å². The van der Waals surface area contributed by atoms with Crippen molar-refractivity contribution in [2.75, 3.05) is 11.4 Å². The lowest BCUT2D eigenvalue weighted by atomic mass is 10.0. The van der Waals surface area contributed by atoms with E-state index in [1.165, 1.54) is 0 Å². The normalized spacial score (nSPS) is 18.1. The van der Waals surface area contributed by atoms with E-state index in [0.29, 0.717) is 12.5 Å². The van der Waals surface area contributed by atoms with Crippen molar-refractivity contribution in [1.29, 1.82) is 0 Å². The van der Waals surface area contributed by atoms with E-state index in [9.17, 15) is 5.11 Å². The van der Waals surface area contributed by atoms with Gasteiger partial charge < -0.3 is 15.7 Å². The quantitative estimate of drug-likeness (QED) is 0.879. The fraction of sp³-hybridized carbons (Fsp3) is 0.188. The maximum absolute atomic E-state index is 9.66. The fourth-order valence-electron chi connectivity index (χ4n) is 2.61. The van der Waals surface area contributed by atoms with E-state index in [1.807, 2.05) is 35.2 Å². The molecule has 0 bridgehead atoms. The number of anilines is 1. The smallest absolute Gasteiger partial charge is 0.196 e. The van der Waals surface area contributed by atoms with Crippen LogP contribution in [0.4, 0.5) is 5.69 Å². The van der Waals surface area contributed by atoms with Crippen LogP contribution in [0.1, 0.15) is 17.2 Å². The van der Waals surface area contributed by atoms with Crippen molar-refractivity contribution in [3.8, 4) is 5.75 Å². The van der Waals surface area contributed by atoms with Crippen LogP contribution in [-0.4, -0.2) is 17.6 Å². The molecule has 1 heterocycles. The number of para-hydroxylation sites is 1. The first-order valence-electron chi connectivity index (χ1n) is 6.60. The molecule has 0 saturated carbocycles. The molecule has 1 atom stereocenters. The van der Waals surface area contributed by atoms with Gasteiger partial charge in [0.1, 0.15) is 5.75 Å². The van der Waals surface area contributed by atoms with E-state index < -0.39 is 0 Å². The first-order valence-corrected chi connectivity index (χ1v) is 6.60. The zero-order valence-corrected chi connectivity index (χ0v) is 11.3. The van der Waals surface area contributed by atoms with Crippen LogP contribution in [0.5, 0.6) is 5.75 Å². The number of phenols is 1. The van der Waals surface area contributed by atoms with Gasteiger partial charge in [-0.05, 0) is 36.2 Å². The number of aromatic hydroxyl groups is 1. The molecule has 1 aliphatic rings. The molecule has 1 aliphatic heterocycles. The minimum absolute atomic E-state index is 0.0307. The SMILES string of the molecule is Cc1ccccc1N1C(N)=NCC1c1cccc(O)c1. The first kappa shape index (κ1) is 12.5. The van der Waals surface area contributed by atoms with Gasteiger partial charge in [-0.1, -0.05) is 30.3 Å². The second-order valence-corrected chi connectivity index (χ2v) is 4.97. The second kappa shape index (κ2) is 4.89. The Morgan fingerprint density at radius 1 is 1.20 bits per heavy atom. The van der Waals surface area contributed by atoms with Gasteiger partial charge in [0.25, 0.3) is 0 Å². The van der Waals surface area contributed by atoms with Crippen LogP contribution in [0.3, 0.4) is 0 Å². The van der Waals surface area contributed by atoms with Crippen LogP contribution in [0.2, 0.25) is 0 Å². The van der Waals surface area contributed by atoms with Crippen molar-refractivity contribution in [3.63, 3.8) is 0 Å². The molecular weight excluding hydrogens is 250 g/mol. The van der Waals surface area contributed by atoms with Crippen molar-refractivity contribution >= 4 is 11.6 Å². The van der Waals surface area contributed by atoms with Crippen LogP contribution in [0, 0.1) is 6.92 Å². The highest BCUT2D eigenvalue weighted by Gasteiger charge is 2.29. The molecular formula is C16H17N3O. The largest absolute Gasteiger partial charge is 0.508 e. The monoisotopic (exact) mass is 267 g/mol. The molecule has 3 N–H and O–H groups in total. The van der Waals surface area contributed by atoms with Gasteiger partial charge in [0, 0.05) is 5.69 Å². The first-order chi connectivity index (χ1) is 9.66. The number of rotatable bonds is 2. The molecule has 2 aromatic rings. The number of nitrogens with zero attached hydrogens (tertiary/aromatic N) is 2. The molecule has 3 rings (SSSR count). The van der Waals surface area contributed by atoms with E-state index in [2.05, 4.69) is 18.0 Å². The molecule has 102 valence electrons. The fourth-order valence-corrected chi connectivity index (χ4v) is 2.61. The van der Waals surface area contributed by atoms with Crippen molar-refractivity contribution < 1.29 is 5.11 Å². The number of aliphatic imine (C=N–C) groups is 1. The molecule has 0 aliphatic carbocycles. The van der Waals surface area contributed by atoms with Crippen molar-refractivity contribution in [2.24, 2.45) is 10.7 Å². The Kier molecular flexibility index (Phi) is 3.06. The van der Waals surface area contributed by atoms with Gasteiger partial charge in [-0.2, -0.15) is 0 Å². The van der Waals surface area contributed by atoms with E-state index in [1.54, 1.807) is 12.1 Å². The summed E-state index contributed by atoms with van der Waals surface area (Å²) in [7, 11) is 0. The highest BCUT2D eigenvalue weighted by molar-refractivity contribution is 5.98. The third-order valence-corrected chi connectivity index (χ3v) is 3.61. The van der Waals surface area contributed by atoms with Gasteiger partial charge in [-0.15, -0.1) is 0 Å². The van der Waals surface area contributed by atoms with E-state index >= 15 is 0 Å². The summed E-state index contributed by atoms with van der Waals surface area (Å²) in [4.78, 5) is 6.39. The van der Waals surface area contributed by atoms with E-state index in [0.717, 1.165) is 16.8 Å². The zero-order valence-electron chi connectivity index (χ0n) is 11.3. The summed E-state index contributed by atoms with van der Waals surface area (Å²) in [6, 6.07) is 15.4. The summed E-state index contributed by atoms with van der Waals surface area (Å²) < 4.78 is 0. The number of hydrogen-bond acceptors (Lipinski definition) is 4. The average molecular weight is 267 g/mol. The summed E-state index contributed by atoms with van der Waals surface area (Å²) in [5, 5.41) is 9.66. The van der Waals surface area contributed by atoms with Gasteiger partial charge in [0.2, 0.25) is 0 Å². The van der Waals surface area contributed by atoms with Crippen LogP contribution in [0.15, 0.2) is 53.5 Å². The third-order valence-electron chi connectivity index (χ3n) is 3.61. The molecule has 2 aromatic carbocycles. The van der Waals surface area contributed by atoms with Crippen LogP contribution < -0.4 is 10.6 Å². The predicted molar refractivity (Wildman–Crippen MR) is 81.0 cm³/mol. The summed E-state index contributed by atoms with van der Waals surface area (Å²) in [5.74, 6) is 0.783. The Bertz CT molecular complexity index is 666. The number of nitrogens with two attached hydrogens (primary N) is 1. The third kappa shape index (κ3) is 2.09. The number of hydrogen-bond donors (Lipinski definition) is 2. The molecule has 0 amide bonds. The molecule has 4 nitrogen and oxygen atoms in total. The Morgan fingerprint density at radius 2 is 2.00 bits per heavy atom. The highest BCUT2D eigenvalue weighted by atomic mass is 16.3. The number of benzene rings is 2. The standard InChI is InChI=1S/C16H17N3O/c1-11-5-2-3-8-14(11)19-15(10-18-16(19)17)12-6-4-7-13(20)9-12/h2-9,15,20H,10H2,1H3,(H2,17,18). The maximum atomic E-state index is 9.66. The predicted octanol–water partition coefficient (Wildman–Crippen LogP) is 2.58. The van der Waals surface area contributed by atoms with Crippen molar-refractivity contribution in [3.05, 3.63) is 59.7 Å². The number of aryl methyl sites for hydroxylation is 1. The summed E-state index contributed by atoms with van der Waals surface area (Å²) in [6.45, 7) is 2.66. The van der Waals surface area contributed by atoms with Gasteiger partial charge in [-0.25, -0.2) is 0 Å². The molecule has 20 heavy (non-hydrogen) atoms. The van der Waals surface area contributed by atoms with E-state index in [-0.39, 0.29) is 11.8 Å². The summed E-state index contributed by atoms with van der Waals surface area (Å²) >= 11 is 0. The van der Waals surface area contributed by atoms with Gasteiger partial charge >= 0.3 is 0 Å². The van der Waals surface area contributed by atoms with Gasteiger partial charge in [0.05, 0.1) is 12.6 Å². The molecule has 0 fully saturated rings. The number of guanidine groups is 1. The van der Waals surface area contributed by atoms with Crippen LogP contribution in [0.25, 0.3) is 0 Å². The highest BCUT2D eigenvalue weighted by Crippen LogP contribution is 2.33. The molecule has 0 saturated heterocycles. The lowest BCUT2D eigenvalue weighted by Crippen LogP contribution is -2.36. The Morgan fingerprint density at radius 3 is 2.75 bits per heavy atom. The molecule has 4 heteroatoms. The summed E-state index contributed by atoms with van der Waals surface area (Å²) in [5.41, 5.74) is 9.28. The Balaban J connectivity index is 2.03. The molecule has 0 spiro atoms. The molecule has 0 aromatic heterocycles. The average Bonchev–Trinajstić information content (AvgIpc) is 2.81. The Hall–Kier alpha value is -2.49. The van der Waals surface area contributed by atoms with Gasteiger partial charge in [-0.3, -0.25) is 4.99 Å². The Labute approximate surface area is 118 Å². The van der Waals surface area contributed by atoms with Crippen LogP contribution >= 0.6 is 0 Å². The van der Waals surface area contributed by atoms with E-state index in [4.69, 9.17) is 5.73 Å². The van der Waals surface area contributed by atoms with Crippen molar-refractivity contribution in [2.45, 2.75) is 13.0 Å². The van der Waals surface area contributed by atoms with Crippen molar-refractivity contribution in [1.82, 2.24) is 0 Å². The minimum Gasteiger partial charge on any atom is -0.508 e. The zero-order chi connectivity index (χ0) is 14.1. The molecule has 0 radical (unpaired) electrons. The number of phenolic OH excluding ortho intramolecular Hbond substituents is 1. The maximum Gasteiger partial charge on any atom is 0.196 e. The lowest BCUT2D eigenvalue weighted by molar-refractivity contribution is 0.474. The van der Waals surface area contributed by atoms with Crippen LogP contribution in [-0.2, 0) is 0 Å².